The largest absolute Gasteiger partial charge is 0.415 e. The van der Waals surface area contributed by atoms with Crippen LogP contribution in [0.2, 0.25) is 18.1 Å². The van der Waals surface area contributed by atoms with Crippen molar-refractivity contribution in [1.82, 2.24) is 5.32 Å². The second-order valence-electron chi connectivity index (χ2n) is 8.56. The van der Waals surface area contributed by atoms with E-state index in [1.807, 2.05) is 33.9 Å². The van der Waals surface area contributed by atoms with Crippen molar-refractivity contribution in [2.24, 2.45) is 0 Å². The molecular formula is C18H28Cl2N2O7SSi. The molecule has 1 rings (SSSR count). The molecule has 1 amide bonds. The fraction of sp³-hybridized carbons (Fsp3) is 0.611. The highest BCUT2D eigenvalue weighted by Gasteiger charge is 2.39. The van der Waals surface area contributed by atoms with Gasteiger partial charge in [0.1, 0.15) is 6.10 Å². The first-order chi connectivity index (χ1) is 13.9. The molecule has 0 aromatic heterocycles. The maximum Gasteiger partial charge on any atom is 0.269 e. The summed E-state index contributed by atoms with van der Waals surface area (Å²) in [6.45, 7) is 10.00. The predicted octanol–water partition coefficient (Wildman–Crippen LogP) is 3.92. The Morgan fingerprint density at radius 1 is 1.23 bits per heavy atom. The van der Waals surface area contributed by atoms with Crippen molar-refractivity contribution in [1.29, 1.82) is 0 Å². The zero-order chi connectivity index (χ0) is 24.2. The maximum absolute atomic E-state index is 12.2. The average molecular weight is 515 g/mol. The van der Waals surface area contributed by atoms with E-state index >= 15 is 0 Å². The normalized spacial score (nSPS) is 14.9. The number of hydrogen-bond donors (Lipinski definition) is 1. The van der Waals surface area contributed by atoms with E-state index < -0.39 is 46.2 Å². The molecule has 1 N–H and O–H groups in total. The van der Waals surface area contributed by atoms with E-state index in [4.69, 9.17) is 31.8 Å². The minimum Gasteiger partial charge on any atom is -0.415 e. The standard InChI is InChI=1S/C18H28Cl2N2O7SSi/c1-18(2,3)31(5,6)28-11-14(21-17(23)16(19)20)15(29-30(4,26)27)12-7-9-13(10-8-12)22(24)25/h7-10,14-16H,11H2,1-6H3,(H,21,23)/t14-,15+/m1/s1. The Labute approximate surface area is 193 Å². The molecule has 176 valence electrons. The van der Waals surface area contributed by atoms with Crippen LogP contribution in [0, 0.1) is 10.1 Å². The monoisotopic (exact) mass is 514 g/mol. The van der Waals surface area contributed by atoms with Gasteiger partial charge in [-0.2, -0.15) is 8.42 Å². The van der Waals surface area contributed by atoms with Crippen molar-refractivity contribution in [2.75, 3.05) is 12.9 Å². The second-order valence-corrected chi connectivity index (χ2v) is 16.1. The number of nitrogens with zero attached hydrogens (tertiary/aromatic N) is 1. The van der Waals surface area contributed by atoms with Gasteiger partial charge in [-0.15, -0.1) is 0 Å². The molecule has 13 heteroatoms. The first-order valence-electron chi connectivity index (χ1n) is 9.30. The summed E-state index contributed by atoms with van der Waals surface area (Å²) in [5.41, 5.74) is 0.113. The van der Waals surface area contributed by atoms with Crippen LogP contribution in [0.3, 0.4) is 0 Å². The molecule has 0 radical (unpaired) electrons. The van der Waals surface area contributed by atoms with E-state index in [0.717, 1.165) is 6.26 Å². The van der Waals surface area contributed by atoms with Gasteiger partial charge >= 0.3 is 0 Å². The summed E-state index contributed by atoms with van der Waals surface area (Å²) < 4.78 is 35.3. The Bertz CT molecular complexity index is 887. The number of nitro groups is 1. The highest BCUT2D eigenvalue weighted by Crippen LogP contribution is 2.37. The van der Waals surface area contributed by atoms with E-state index in [1.54, 1.807) is 0 Å². The van der Waals surface area contributed by atoms with Crippen molar-refractivity contribution >= 4 is 53.2 Å². The summed E-state index contributed by atoms with van der Waals surface area (Å²) in [6, 6.07) is 4.16. The Kier molecular flexibility index (Phi) is 9.49. The van der Waals surface area contributed by atoms with Crippen LogP contribution in [0.1, 0.15) is 32.4 Å². The lowest BCUT2D eigenvalue weighted by molar-refractivity contribution is -0.384. The molecule has 0 bridgehead atoms. The molecule has 0 aliphatic carbocycles. The molecule has 0 saturated heterocycles. The van der Waals surface area contributed by atoms with Crippen molar-refractivity contribution in [3.8, 4) is 0 Å². The van der Waals surface area contributed by atoms with Crippen LogP contribution >= 0.6 is 23.2 Å². The van der Waals surface area contributed by atoms with Crippen LogP contribution in [0.5, 0.6) is 0 Å². The molecule has 1 aromatic rings. The minimum absolute atomic E-state index is 0.0834. The van der Waals surface area contributed by atoms with Crippen LogP contribution < -0.4 is 5.32 Å². The summed E-state index contributed by atoms with van der Waals surface area (Å²) >= 11 is 11.3. The Morgan fingerprint density at radius 3 is 2.13 bits per heavy atom. The number of alkyl halides is 2. The van der Waals surface area contributed by atoms with Gasteiger partial charge < -0.3 is 9.74 Å². The van der Waals surface area contributed by atoms with Gasteiger partial charge in [0.15, 0.2) is 13.2 Å². The van der Waals surface area contributed by atoms with Crippen molar-refractivity contribution < 1.29 is 26.7 Å². The molecule has 0 fully saturated rings. The predicted molar refractivity (Wildman–Crippen MR) is 122 cm³/mol. The van der Waals surface area contributed by atoms with E-state index in [2.05, 4.69) is 5.32 Å². The molecular weight excluding hydrogens is 487 g/mol. The third-order valence-electron chi connectivity index (χ3n) is 5.03. The van der Waals surface area contributed by atoms with Crippen LogP contribution in [0.15, 0.2) is 24.3 Å². The summed E-state index contributed by atoms with van der Waals surface area (Å²) in [7, 11) is -6.26. The molecule has 0 spiro atoms. The number of carbonyl (C=O) groups excluding carboxylic acids is 1. The number of halogens is 2. The fourth-order valence-corrected chi connectivity index (χ4v) is 4.07. The Morgan fingerprint density at radius 2 is 1.74 bits per heavy atom. The molecule has 1 aromatic carbocycles. The van der Waals surface area contributed by atoms with Crippen molar-refractivity contribution in [2.45, 2.75) is 55.9 Å². The number of nitrogens with one attached hydrogen (secondary N) is 1. The molecule has 0 aliphatic heterocycles. The lowest BCUT2D eigenvalue weighted by atomic mass is 10.0. The Hall–Kier alpha value is -1.24. The van der Waals surface area contributed by atoms with Gasteiger partial charge in [-0.25, -0.2) is 0 Å². The van der Waals surface area contributed by atoms with Gasteiger partial charge in [-0.05, 0) is 35.8 Å². The Balaban J connectivity index is 3.38. The maximum atomic E-state index is 12.2. The lowest BCUT2D eigenvalue weighted by Crippen LogP contribution is -2.50. The molecule has 31 heavy (non-hydrogen) atoms. The average Bonchev–Trinajstić information content (AvgIpc) is 2.61. The molecule has 0 heterocycles. The van der Waals surface area contributed by atoms with Gasteiger partial charge in [-0.3, -0.25) is 19.1 Å². The first-order valence-corrected chi connectivity index (χ1v) is 14.9. The number of rotatable bonds is 10. The topological polar surface area (TPSA) is 125 Å². The quantitative estimate of drug-likeness (QED) is 0.165. The minimum atomic E-state index is -3.98. The van der Waals surface area contributed by atoms with Gasteiger partial charge in [0.25, 0.3) is 21.7 Å². The smallest absolute Gasteiger partial charge is 0.269 e. The fourth-order valence-electron chi connectivity index (χ4n) is 2.29. The SMILES string of the molecule is CC(C)(C)[Si](C)(C)OC[C@@H](NC(=O)C(Cl)Cl)[C@@H](OS(C)(=O)=O)c1ccc([N+](=O)[O-])cc1. The third kappa shape index (κ3) is 8.66. The van der Waals surface area contributed by atoms with Crippen molar-refractivity contribution in [3.05, 3.63) is 39.9 Å². The van der Waals surface area contributed by atoms with Gasteiger partial charge in [-0.1, -0.05) is 44.0 Å². The number of amides is 1. The lowest BCUT2D eigenvalue weighted by Gasteiger charge is -2.38. The van der Waals surface area contributed by atoms with E-state index in [1.165, 1.54) is 24.3 Å². The van der Waals surface area contributed by atoms with Crippen molar-refractivity contribution in [3.63, 3.8) is 0 Å². The van der Waals surface area contributed by atoms with Gasteiger partial charge in [0.05, 0.1) is 23.8 Å². The van der Waals surface area contributed by atoms with Gasteiger partial charge in [0, 0.05) is 12.1 Å². The van der Waals surface area contributed by atoms with Crippen LogP contribution in [0.25, 0.3) is 0 Å². The summed E-state index contributed by atoms with van der Waals surface area (Å²) in [5, 5.41) is 13.4. The molecule has 0 saturated carbocycles. The zero-order valence-corrected chi connectivity index (χ0v) is 21.5. The van der Waals surface area contributed by atoms with E-state index in [9.17, 15) is 23.3 Å². The van der Waals surface area contributed by atoms with Crippen LogP contribution in [0.4, 0.5) is 5.69 Å². The number of benzene rings is 1. The van der Waals surface area contributed by atoms with Crippen LogP contribution in [-0.2, 0) is 23.5 Å². The molecule has 2 atom stereocenters. The summed E-state index contributed by atoms with van der Waals surface area (Å²) in [5.74, 6) is -0.754. The summed E-state index contributed by atoms with van der Waals surface area (Å²) in [6.07, 6.45) is -0.359. The number of nitro benzene ring substituents is 1. The number of carbonyl (C=O) groups is 1. The first kappa shape index (κ1) is 27.8. The van der Waals surface area contributed by atoms with E-state index in [0.29, 0.717) is 5.56 Å². The van der Waals surface area contributed by atoms with Gasteiger partial charge in [0.2, 0.25) is 0 Å². The number of non-ortho nitro benzene ring substituents is 1. The summed E-state index contributed by atoms with van der Waals surface area (Å²) in [4.78, 5) is 21.2. The van der Waals surface area contributed by atoms with E-state index in [-0.39, 0.29) is 17.3 Å². The zero-order valence-electron chi connectivity index (χ0n) is 18.2. The highest BCUT2D eigenvalue weighted by molar-refractivity contribution is 7.86. The molecule has 9 nitrogen and oxygen atoms in total. The van der Waals surface area contributed by atoms with Crippen LogP contribution in [-0.4, -0.2) is 51.3 Å². The number of hydrogen-bond acceptors (Lipinski definition) is 7. The third-order valence-corrected chi connectivity index (χ3v) is 10.5. The molecule has 0 unspecified atom stereocenters. The second kappa shape index (κ2) is 10.6. The molecule has 0 aliphatic rings. The highest BCUT2D eigenvalue weighted by atomic mass is 35.5.